The van der Waals surface area contributed by atoms with Crippen LogP contribution in [0.5, 0.6) is 0 Å². The van der Waals surface area contributed by atoms with Crippen LogP contribution in [0.25, 0.3) is 0 Å². The molecule has 16 heavy (non-hydrogen) atoms. The molecule has 0 rings (SSSR count). The zero-order chi connectivity index (χ0) is 12.8. The van der Waals surface area contributed by atoms with Crippen LogP contribution in [0.15, 0.2) is 0 Å². The summed E-state index contributed by atoms with van der Waals surface area (Å²) in [5.74, 6) is -0.215. The van der Waals surface area contributed by atoms with Gasteiger partial charge in [-0.2, -0.15) is 0 Å². The Kier molecular flexibility index (Phi) is 6.72. The van der Waals surface area contributed by atoms with Crippen LogP contribution in [0.3, 0.4) is 0 Å². The molecule has 3 nitrogen and oxygen atoms in total. The van der Waals surface area contributed by atoms with Crippen molar-refractivity contribution in [2.75, 3.05) is 5.75 Å². The summed E-state index contributed by atoms with van der Waals surface area (Å²) < 4.78 is 0. The van der Waals surface area contributed by atoms with E-state index in [2.05, 4.69) is 0 Å². The zero-order valence-electron chi connectivity index (χ0n) is 10.6. The molecule has 0 aromatic heterocycles. The average molecular weight is 246 g/mol. The van der Waals surface area contributed by atoms with E-state index in [0.717, 1.165) is 18.6 Å². The van der Waals surface area contributed by atoms with E-state index >= 15 is 0 Å². The van der Waals surface area contributed by atoms with Gasteiger partial charge in [-0.05, 0) is 18.3 Å². The highest BCUT2D eigenvalue weighted by atomic mass is 32.2. The lowest BCUT2D eigenvalue weighted by Gasteiger charge is -2.26. The van der Waals surface area contributed by atoms with Crippen molar-refractivity contribution in [3.05, 3.63) is 0 Å². The molecule has 0 aliphatic carbocycles. The molecule has 4 heteroatoms. The fourth-order valence-corrected chi connectivity index (χ4v) is 2.23. The number of thioether (sulfide) groups is 1. The van der Waals surface area contributed by atoms with Crippen LogP contribution in [0, 0.1) is 11.3 Å². The molecule has 1 N–H and O–H groups in total. The quantitative estimate of drug-likeness (QED) is 0.731. The Morgan fingerprint density at radius 3 is 2.19 bits per heavy atom. The third kappa shape index (κ3) is 6.88. The number of carboxylic acids is 1. The standard InChI is InChI=1S/C12H22O3S/c1-9(13)16-8-6-5-7-10(11(14)15)12(2,3)4/h10H,5-8H2,1-4H3,(H,14,15)/t10-/m0/s1. The van der Waals surface area contributed by atoms with E-state index in [9.17, 15) is 9.59 Å². The van der Waals surface area contributed by atoms with Gasteiger partial charge in [0.1, 0.15) is 0 Å². The van der Waals surface area contributed by atoms with Crippen LogP contribution in [0.1, 0.15) is 47.0 Å². The SMILES string of the molecule is CC(=O)SCCCC[C@@H](C(=O)O)C(C)(C)C. The largest absolute Gasteiger partial charge is 0.481 e. The summed E-state index contributed by atoms with van der Waals surface area (Å²) in [6.07, 6.45) is 2.47. The summed E-state index contributed by atoms with van der Waals surface area (Å²) in [4.78, 5) is 21.7. The fraction of sp³-hybridized carbons (Fsp3) is 0.833. The molecule has 0 aromatic rings. The maximum absolute atomic E-state index is 11.1. The summed E-state index contributed by atoms with van der Waals surface area (Å²) in [7, 11) is 0. The molecule has 0 aromatic carbocycles. The first kappa shape index (κ1) is 15.5. The number of carbonyl (C=O) groups excluding carboxylic acids is 1. The Morgan fingerprint density at radius 2 is 1.81 bits per heavy atom. The van der Waals surface area contributed by atoms with Crippen LogP contribution >= 0.6 is 11.8 Å². The second kappa shape index (κ2) is 6.94. The lowest BCUT2D eigenvalue weighted by atomic mass is 9.78. The van der Waals surface area contributed by atoms with Gasteiger partial charge in [0.15, 0.2) is 5.12 Å². The monoisotopic (exact) mass is 246 g/mol. The van der Waals surface area contributed by atoms with E-state index in [1.54, 1.807) is 6.92 Å². The van der Waals surface area contributed by atoms with Gasteiger partial charge >= 0.3 is 5.97 Å². The van der Waals surface area contributed by atoms with Crippen LogP contribution in [-0.4, -0.2) is 21.9 Å². The van der Waals surface area contributed by atoms with Gasteiger partial charge in [-0.25, -0.2) is 0 Å². The normalized spacial score (nSPS) is 13.5. The lowest BCUT2D eigenvalue weighted by molar-refractivity contribution is -0.145. The first-order chi connectivity index (χ1) is 7.25. The van der Waals surface area contributed by atoms with Gasteiger partial charge in [-0.15, -0.1) is 0 Å². The molecule has 94 valence electrons. The molecule has 0 unspecified atom stereocenters. The van der Waals surface area contributed by atoms with Crippen molar-refractivity contribution in [1.29, 1.82) is 0 Å². The van der Waals surface area contributed by atoms with Crippen molar-refractivity contribution in [3.8, 4) is 0 Å². The Bertz CT molecular complexity index is 243. The molecule has 0 saturated carbocycles. The van der Waals surface area contributed by atoms with Crippen molar-refractivity contribution < 1.29 is 14.7 Å². The summed E-state index contributed by atoms with van der Waals surface area (Å²) in [5, 5.41) is 9.22. The van der Waals surface area contributed by atoms with Gasteiger partial charge in [0, 0.05) is 12.7 Å². The molecular weight excluding hydrogens is 224 g/mol. The molecule has 0 aliphatic heterocycles. The highest BCUT2D eigenvalue weighted by molar-refractivity contribution is 8.13. The number of hydrogen-bond donors (Lipinski definition) is 1. The molecule has 0 aliphatic rings. The van der Waals surface area contributed by atoms with E-state index in [-0.39, 0.29) is 16.4 Å². The molecular formula is C12H22O3S. The van der Waals surface area contributed by atoms with Gasteiger partial charge < -0.3 is 5.11 Å². The van der Waals surface area contributed by atoms with Crippen molar-refractivity contribution in [1.82, 2.24) is 0 Å². The zero-order valence-corrected chi connectivity index (χ0v) is 11.4. The fourth-order valence-electron chi connectivity index (χ4n) is 1.59. The van der Waals surface area contributed by atoms with Crippen LogP contribution in [0.4, 0.5) is 0 Å². The van der Waals surface area contributed by atoms with E-state index in [1.165, 1.54) is 11.8 Å². The van der Waals surface area contributed by atoms with E-state index < -0.39 is 5.97 Å². The average Bonchev–Trinajstić information content (AvgIpc) is 2.07. The third-order valence-electron chi connectivity index (χ3n) is 2.54. The smallest absolute Gasteiger partial charge is 0.307 e. The Labute approximate surface area is 102 Å². The maximum atomic E-state index is 11.1. The molecule has 0 heterocycles. The minimum atomic E-state index is -0.716. The predicted molar refractivity (Wildman–Crippen MR) is 67.6 cm³/mol. The molecule has 0 saturated heterocycles. The van der Waals surface area contributed by atoms with Crippen molar-refractivity contribution in [3.63, 3.8) is 0 Å². The summed E-state index contributed by atoms with van der Waals surface area (Å²) in [6.45, 7) is 7.42. The summed E-state index contributed by atoms with van der Waals surface area (Å²) in [5.41, 5.74) is -0.195. The number of carboxylic acid groups (broad SMARTS) is 1. The van der Waals surface area contributed by atoms with Crippen LogP contribution in [-0.2, 0) is 9.59 Å². The van der Waals surface area contributed by atoms with E-state index in [0.29, 0.717) is 6.42 Å². The summed E-state index contributed by atoms with van der Waals surface area (Å²) >= 11 is 1.31. The Balaban J connectivity index is 3.87. The van der Waals surface area contributed by atoms with Gasteiger partial charge in [0.05, 0.1) is 5.92 Å². The minimum absolute atomic E-state index is 0.130. The van der Waals surface area contributed by atoms with E-state index in [1.807, 2.05) is 20.8 Å². The van der Waals surface area contributed by atoms with Gasteiger partial charge in [-0.3, -0.25) is 9.59 Å². The Hall–Kier alpha value is -0.510. The molecule has 0 spiro atoms. The number of unbranched alkanes of at least 4 members (excludes halogenated alkanes) is 1. The topological polar surface area (TPSA) is 54.4 Å². The highest BCUT2D eigenvalue weighted by Crippen LogP contribution is 2.30. The second-order valence-corrected chi connectivity index (χ2v) is 6.36. The first-order valence-electron chi connectivity index (χ1n) is 5.61. The Morgan fingerprint density at radius 1 is 1.25 bits per heavy atom. The van der Waals surface area contributed by atoms with Crippen LogP contribution < -0.4 is 0 Å². The second-order valence-electron chi connectivity index (χ2n) is 5.09. The predicted octanol–water partition coefficient (Wildman–Crippen LogP) is 3.18. The maximum Gasteiger partial charge on any atom is 0.307 e. The van der Waals surface area contributed by atoms with Gasteiger partial charge in [-0.1, -0.05) is 39.0 Å². The number of aliphatic carboxylic acids is 1. The van der Waals surface area contributed by atoms with Crippen molar-refractivity contribution in [2.45, 2.75) is 47.0 Å². The number of carbonyl (C=O) groups is 2. The molecule has 0 bridgehead atoms. The molecule has 0 amide bonds. The molecule has 0 radical (unpaired) electrons. The summed E-state index contributed by atoms with van der Waals surface area (Å²) in [6, 6.07) is 0. The first-order valence-corrected chi connectivity index (χ1v) is 6.60. The number of rotatable bonds is 6. The van der Waals surface area contributed by atoms with Gasteiger partial charge in [0.2, 0.25) is 0 Å². The van der Waals surface area contributed by atoms with Gasteiger partial charge in [0.25, 0.3) is 0 Å². The number of hydrogen-bond acceptors (Lipinski definition) is 3. The van der Waals surface area contributed by atoms with Crippen molar-refractivity contribution >= 4 is 22.8 Å². The third-order valence-corrected chi connectivity index (χ3v) is 3.44. The highest BCUT2D eigenvalue weighted by Gasteiger charge is 2.30. The molecule has 0 fully saturated rings. The molecule has 1 atom stereocenters. The van der Waals surface area contributed by atoms with Crippen molar-refractivity contribution in [2.24, 2.45) is 11.3 Å². The van der Waals surface area contributed by atoms with E-state index in [4.69, 9.17) is 5.11 Å². The van der Waals surface area contributed by atoms with Crippen LogP contribution in [0.2, 0.25) is 0 Å². The minimum Gasteiger partial charge on any atom is -0.481 e. The lowest BCUT2D eigenvalue weighted by Crippen LogP contribution is -2.28.